The van der Waals surface area contributed by atoms with Gasteiger partial charge in [-0.3, -0.25) is 4.79 Å². The van der Waals surface area contributed by atoms with Gasteiger partial charge >= 0.3 is 0 Å². The van der Waals surface area contributed by atoms with Crippen molar-refractivity contribution in [2.45, 2.75) is 43.5 Å². The second-order valence-corrected chi connectivity index (χ2v) is 9.33. The highest BCUT2D eigenvalue weighted by atomic mass is 79.9. The van der Waals surface area contributed by atoms with Crippen LogP contribution in [-0.2, 0) is 11.2 Å². The number of benzene rings is 2. The van der Waals surface area contributed by atoms with E-state index in [4.69, 9.17) is 11.6 Å². The number of nitrogens with one attached hydrogen (secondary N) is 1. The number of alkyl halides is 1. The third kappa shape index (κ3) is 5.59. The molecule has 0 fully saturated rings. The average molecular weight is 434 g/mol. The Morgan fingerprint density at radius 3 is 2.50 bits per heavy atom. The van der Waals surface area contributed by atoms with Gasteiger partial charge in [-0.2, -0.15) is 5.26 Å². The molecule has 0 bridgehead atoms. The van der Waals surface area contributed by atoms with Crippen LogP contribution in [0, 0.1) is 11.3 Å². The molecule has 5 heteroatoms. The molecule has 26 heavy (non-hydrogen) atoms. The van der Waals surface area contributed by atoms with Crippen LogP contribution >= 0.6 is 27.5 Å². The lowest BCUT2D eigenvalue weighted by atomic mass is 9.85. The summed E-state index contributed by atoms with van der Waals surface area (Å²) in [6, 6.07) is 17.4. The lowest BCUT2D eigenvalue weighted by Gasteiger charge is -2.28. The third-order valence-electron chi connectivity index (χ3n) is 4.32. The van der Waals surface area contributed by atoms with E-state index in [2.05, 4.69) is 27.3 Å². The summed E-state index contributed by atoms with van der Waals surface area (Å²) in [5, 5.41) is 13.0. The molecular formula is C21H22BrClN2O. The van der Waals surface area contributed by atoms with Gasteiger partial charge in [0.25, 0.3) is 0 Å². The lowest BCUT2D eigenvalue weighted by molar-refractivity contribution is -0.123. The molecule has 0 radical (unpaired) electrons. The first-order valence-electron chi connectivity index (χ1n) is 8.45. The minimum Gasteiger partial charge on any atom is -0.352 e. The van der Waals surface area contributed by atoms with Crippen molar-refractivity contribution in [1.82, 2.24) is 5.32 Å². The molecule has 0 unspecified atom stereocenters. The molecule has 2 atom stereocenters. The highest BCUT2D eigenvalue weighted by Crippen LogP contribution is 2.27. The maximum atomic E-state index is 12.4. The van der Waals surface area contributed by atoms with Crippen molar-refractivity contribution in [3.63, 3.8) is 0 Å². The molecule has 136 valence electrons. The Bertz CT molecular complexity index is 806. The number of halogens is 2. The number of nitrogens with zero attached hydrogens (tertiary/aromatic N) is 1. The molecular weight excluding hydrogens is 412 g/mol. The van der Waals surface area contributed by atoms with E-state index in [-0.39, 0.29) is 17.9 Å². The molecule has 2 rings (SSSR count). The summed E-state index contributed by atoms with van der Waals surface area (Å²) in [6.45, 7) is 5.63. The Labute approximate surface area is 168 Å². The minimum absolute atomic E-state index is 0.0308. The topological polar surface area (TPSA) is 52.9 Å². The highest BCUT2D eigenvalue weighted by Gasteiger charge is 2.28. The zero-order valence-corrected chi connectivity index (χ0v) is 17.4. The number of hydrogen-bond acceptors (Lipinski definition) is 2. The predicted octanol–water partition coefficient (Wildman–Crippen LogP) is 5.22. The number of amides is 1. The van der Waals surface area contributed by atoms with Gasteiger partial charge in [0.05, 0.1) is 16.0 Å². The first-order chi connectivity index (χ1) is 12.2. The van der Waals surface area contributed by atoms with Gasteiger partial charge in [0.15, 0.2) is 0 Å². The predicted molar refractivity (Wildman–Crippen MR) is 110 cm³/mol. The van der Waals surface area contributed by atoms with E-state index in [1.165, 1.54) is 0 Å². The Balaban J connectivity index is 2.32. The standard InChI is InChI=1S/C21H22BrClN2O/c1-14(25-20(26)21(2,3)22)19(12-15-7-9-18(23)10-8-15)17-6-4-5-16(11-17)13-24/h4-11,14,19H,12H2,1-3H3,(H,25,26)/t14-,19+/m0/s1. The summed E-state index contributed by atoms with van der Waals surface area (Å²) < 4.78 is -0.638. The van der Waals surface area contributed by atoms with Crippen molar-refractivity contribution in [1.29, 1.82) is 5.26 Å². The van der Waals surface area contributed by atoms with Gasteiger partial charge in [-0.15, -0.1) is 0 Å². The maximum Gasteiger partial charge on any atom is 0.236 e. The molecule has 0 aliphatic heterocycles. The van der Waals surface area contributed by atoms with E-state index in [0.29, 0.717) is 10.6 Å². The van der Waals surface area contributed by atoms with Gasteiger partial charge in [0, 0.05) is 17.0 Å². The molecule has 0 aliphatic rings. The molecule has 1 N–H and O–H groups in total. The van der Waals surface area contributed by atoms with Crippen LogP contribution in [-0.4, -0.2) is 16.3 Å². The average Bonchev–Trinajstić information content (AvgIpc) is 2.60. The zero-order valence-electron chi connectivity index (χ0n) is 15.1. The third-order valence-corrected chi connectivity index (χ3v) is 4.93. The van der Waals surface area contributed by atoms with Crippen molar-refractivity contribution in [2.75, 3.05) is 0 Å². The van der Waals surface area contributed by atoms with Crippen LogP contribution in [0.2, 0.25) is 5.02 Å². The minimum atomic E-state index is -0.638. The first kappa shape index (κ1) is 20.5. The van der Waals surface area contributed by atoms with Crippen molar-refractivity contribution >= 4 is 33.4 Å². The summed E-state index contributed by atoms with van der Waals surface area (Å²) in [7, 11) is 0. The number of carbonyl (C=O) groups is 1. The Morgan fingerprint density at radius 1 is 1.27 bits per heavy atom. The monoisotopic (exact) mass is 432 g/mol. The Hall–Kier alpha value is -1.83. The van der Waals surface area contributed by atoms with E-state index in [9.17, 15) is 10.1 Å². The van der Waals surface area contributed by atoms with E-state index in [1.807, 2.05) is 63.2 Å². The summed E-state index contributed by atoms with van der Waals surface area (Å²) in [5.74, 6) is -0.0363. The van der Waals surface area contributed by atoms with Crippen LogP contribution in [0.15, 0.2) is 48.5 Å². The second kappa shape index (κ2) is 8.70. The van der Waals surface area contributed by atoms with Gasteiger partial charge in [-0.25, -0.2) is 0 Å². The molecule has 0 saturated heterocycles. The van der Waals surface area contributed by atoms with E-state index in [0.717, 1.165) is 17.5 Å². The fourth-order valence-corrected chi connectivity index (χ4v) is 3.02. The van der Waals surface area contributed by atoms with Gasteiger partial charge in [-0.05, 0) is 62.6 Å². The molecule has 1 amide bonds. The van der Waals surface area contributed by atoms with Crippen molar-refractivity contribution < 1.29 is 4.79 Å². The quantitative estimate of drug-likeness (QED) is 0.635. The lowest BCUT2D eigenvalue weighted by Crippen LogP contribution is -2.45. The zero-order chi connectivity index (χ0) is 19.3. The van der Waals surface area contributed by atoms with E-state index in [1.54, 1.807) is 6.07 Å². The molecule has 2 aromatic rings. The maximum absolute atomic E-state index is 12.4. The molecule has 0 aromatic heterocycles. The van der Waals surface area contributed by atoms with Crippen LogP contribution < -0.4 is 5.32 Å². The van der Waals surface area contributed by atoms with Gasteiger partial charge in [-0.1, -0.05) is 51.8 Å². The van der Waals surface area contributed by atoms with E-state index < -0.39 is 4.32 Å². The largest absolute Gasteiger partial charge is 0.352 e. The Morgan fingerprint density at radius 2 is 1.92 bits per heavy atom. The number of carbonyl (C=O) groups excluding carboxylic acids is 1. The van der Waals surface area contributed by atoms with Crippen LogP contribution in [0.3, 0.4) is 0 Å². The van der Waals surface area contributed by atoms with Crippen molar-refractivity contribution in [3.8, 4) is 6.07 Å². The fourth-order valence-electron chi connectivity index (χ4n) is 2.78. The van der Waals surface area contributed by atoms with Crippen LogP contribution in [0.25, 0.3) is 0 Å². The molecule has 0 heterocycles. The van der Waals surface area contributed by atoms with Crippen molar-refractivity contribution in [3.05, 3.63) is 70.2 Å². The van der Waals surface area contributed by atoms with Crippen LogP contribution in [0.1, 0.15) is 43.4 Å². The van der Waals surface area contributed by atoms with Gasteiger partial charge in [0.2, 0.25) is 5.91 Å². The molecule has 3 nitrogen and oxygen atoms in total. The summed E-state index contributed by atoms with van der Waals surface area (Å²) >= 11 is 9.39. The normalized spacial score (nSPS) is 13.5. The first-order valence-corrected chi connectivity index (χ1v) is 9.62. The molecule has 2 aromatic carbocycles. The fraction of sp³-hybridized carbons (Fsp3) is 0.333. The summed E-state index contributed by atoms with van der Waals surface area (Å²) in [6.07, 6.45) is 0.732. The smallest absolute Gasteiger partial charge is 0.236 e. The second-order valence-electron chi connectivity index (χ2n) is 6.91. The summed E-state index contributed by atoms with van der Waals surface area (Å²) in [4.78, 5) is 12.4. The van der Waals surface area contributed by atoms with Crippen molar-refractivity contribution in [2.24, 2.45) is 0 Å². The SMILES string of the molecule is C[C@H](NC(=O)C(C)(C)Br)[C@@H](Cc1ccc(Cl)cc1)c1cccc(C#N)c1. The van der Waals surface area contributed by atoms with Crippen LogP contribution in [0.4, 0.5) is 0 Å². The molecule has 0 aliphatic carbocycles. The van der Waals surface area contributed by atoms with Gasteiger partial charge in [0.1, 0.15) is 0 Å². The Kier molecular flexibility index (Phi) is 6.86. The number of hydrogen-bond donors (Lipinski definition) is 1. The number of rotatable bonds is 6. The number of nitriles is 1. The van der Waals surface area contributed by atoms with Gasteiger partial charge < -0.3 is 5.32 Å². The van der Waals surface area contributed by atoms with Crippen LogP contribution in [0.5, 0.6) is 0 Å². The molecule has 0 saturated carbocycles. The summed E-state index contributed by atoms with van der Waals surface area (Å²) in [5.41, 5.74) is 2.77. The van der Waals surface area contributed by atoms with E-state index >= 15 is 0 Å². The molecule has 0 spiro atoms. The highest BCUT2D eigenvalue weighted by molar-refractivity contribution is 9.10.